The van der Waals surface area contributed by atoms with Crippen molar-refractivity contribution in [2.75, 3.05) is 19.8 Å². The van der Waals surface area contributed by atoms with Crippen molar-refractivity contribution in [2.24, 2.45) is 0 Å². The summed E-state index contributed by atoms with van der Waals surface area (Å²) < 4.78 is 5.54. The Bertz CT molecular complexity index is 351. The molecule has 0 aliphatic carbocycles. The molecule has 0 amide bonds. The molecular weight excluding hydrogens is 234 g/mol. The molecule has 2 nitrogen and oxygen atoms in total. The van der Waals surface area contributed by atoms with Crippen LogP contribution in [-0.4, -0.2) is 25.8 Å². The maximum absolute atomic E-state index is 5.54. The van der Waals surface area contributed by atoms with Gasteiger partial charge < -0.3 is 10.1 Å². The quantitative estimate of drug-likeness (QED) is 0.812. The number of hydrogen-bond donors (Lipinski definition) is 1. The van der Waals surface area contributed by atoms with Gasteiger partial charge in [-0.2, -0.15) is 0 Å². The van der Waals surface area contributed by atoms with Crippen molar-refractivity contribution in [1.29, 1.82) is 0 Å². The predicted molar refractivity (Wildman–Crippen MR) is 82.8 cm³/mol. The van der Waals surface area contributed by atoms with Crippen molar-refractivity contribution in [3.05, 3.63) is 35.4 Å². The summed E-state index contributed by atoms with van der Waals surface area (Å²) in [5, 5.41) is 3.49. The lowest BCUT2D eigenvalue weighted by Gasteiger charge is -2.21. The molecule has 0 bridgehead atoms. The number of nitrogens with one attached hydrogen (secondary N) is 1. The third kappa shape index (κ3) is 5.75. The Balaban J connectivity index is 2.64. The minimum atomic E-state index is 0.227. The standard InChI is InChI=1S/C17H29NO/c1-6-18-16(13-19-7-2)12-14-8-10-15(11-9-14)17(3,4)5/h8-11,16,18H,6-7,12-13H2,1-5H3. The Labute approximate surface area is 118 Å². The first-order valence-electron chi connectivity index (χ1n) is 7.38. The highest BCUT2D eigenvalue weighted by Crippen LogP contribution is 2.22. The third-order valence-electron chi connectivity index (χ3n) is 3.32. The van der Waals surface area contributed by atoms with E-state index in [1.54, 1.807) is 0 Å². The van der Waals surface area contributed by atoms with Gasteiger partial charge in [-0.1, -0.05) is 52.0 Å². The molecule has 0 radical (unpaired) electrons. The molecule has 1 N–H and O–H groups in total. The fraction of sp³-hybridized carbons (Fsp3) is 0.647. The van der Waals surface area contributed by atoms with Gasteiger partial charge in [-0.3, -0.25) is 0 Å². The number of likely N-dealkylation sites (N-methyl/N-ethyl adjacent to an activating group) is 1. The number of hydrogen-bond acceptors (Lipinski definition) is 2. The first-order chi connectivity index (χ1) is 8.97. The van der Waals surface area contributed by atoms with Gasteiger partial charge >= 0.3 is 0 Å². The Morgan fingerprint density at radius 3 is 2.21 bits per heavy atom. The zero-order valence-electron chi connectivity index (χ0n) is 13.1. The van der Waals surface area contributed by atoms with Gasteiger partial charge in [0, 0.05) is 12.6 Å². The van der Waals surface area contributed by atoms with E-state index in [0.717, 1.165) is 26.2 Å². The molecule has 0 saturated heterocycles. The molecule has 0 aliphatic heterocycles. The van der Waals surface area contributed by atoms with Crippen LogP contribution in [0, 0.1) is 0 Å². The summed E-state index contributed by atoms with van der Waals surface area (Å²) in [4.78, 5) is 0. The van der Waals surface area contributed by atoms with Crippen molar-refractivity contribution in [3.8, 4) is 0 Å². The van der Waals surface area contributed by atoms with Crippen LogP contribution >= 0.6 is 0 Å². The molecule has 2 heteroatoms. The van der Waals surface area contributed by atoms with Gasteiger partial charge in [0.25, 0.3) is 0 Å². The second-order valence-corrected chi connectivity index (χ2v) is 6.07. The molecule has 1 aromatic carbocycles. The highest BCUT2D eigenvalue weighted by molar-refractivity contribution is 5.28. The van der Waals surface area contributed by atoms with E-state index in [4.69, 9.17) is 4.74 Å². The highest BCUT2D eigenvalue weighted by Gasteiger charge is 2.14. The van der Waals surface area contributed by atoms with Gasteiger partial charge in [0.15, 0.2) is 0 Å². The molecule has 0 fully saturated rings. The minimum absolute atomic E-state index is 0.227. The third-order valence-corrected chi connectivity index (χ3v) is 3.32. The van der Waals surface area contributed by atoms with Crippen LogP contribution in [-0.2, 0) is 16.6 Å². The molecular formula is C17H29NO. The van der Waals surface area contributed by atoms with E-state index in [0.29, 0.717) is 6.04 Å². The molecule has 0 aromatic heterocycles. The number of ether oxygens (including phenoxy) is 1. The van der Waals surface area contributed by atoms with Crippen molar-refractivity contribution < 1.29 is 4.74 Å². The van der Waals surface area contributed by atoms with Crippen molar-refractivity contribution in [2.45, 2.75) is 52.5 Å². The number of benzene rings is 1. The zero-order chi connectivity index (χ0) is 14.3. The molecule has 1 aromatic rings. The first kappa shape index (κ1) is 16.2. The highest BCUT2D eigenvalue weighted by atomic mass is 16.5. The Kier molecular flexibility index (Phi) is 6.53. The largest absolute Gasteiger partial charge is 0.380 e. The topological polar surface area (TPSA) is 21.3 Å². The molecule has 0 spiro atoms. The van der Waals surface area contributed by atoms with E-state index in [1.165, 1.54) is 11.1 Å². The maximum atomic E-state index is 5.54. The predicted octanol–water partition coefficient (Wildman–Crippen LogP) is 3.54. The summed E-state index contributed by atoms with van der Waals surface area (Å²) >= 11 is 0. The molecule has 1 unspecified atom stereocenters. The molecule has 1 atom stereocenters. The van der Waals surface area contributed by atoms with Crippen LogP contribution in [0.3, 0.4) is 0 Å². The monoisotopic (exact) mass is 263 g/mol. The van der Waals surface area contributed by atoms with Crippen LogP contribution in [0.5, 0.6) is 0 Å². The van der Waals surface area contributed by atoms with Gasteiger partial charge in [0.2, 0.25) is 0 Å². The molecule has 0 saturated carbocycles. The van der Waals surface area contributed by atoms with E-state index in [2.05, 4.69) is 57.3 Å². The minimum Gasteiger partial charge on any atom is -0.380 e. The fourth-order valence-corrected chi connectivity index (χ4v) is 2.16. The smallest absolute Gasteiger partial charge is 0.0622 e. The molecule has 108 valence electrons. The Morgan fingerprint density at radius 2 is 1.74 bits per heavy atom. The van der Waals surface area contributed by atoms with Crippen LogP contribution in [0.25, 0.3) is 0 Å². The van der Waals surface area contributed by atoms with Crippen LogP contribution in [0.4, 0.5) is 0 Å². The van der Waals surface area contributed by atoms with Crippen LogP contribution in [0.1, 0.15) is 45.7 Å². The summed E-state index contributed by atoms with van der Waals surface area (Å²) in [7, 11) is 0. The SMILES string of the molecule is CCNC(COCC)Cc1ccc(C(C)(C)C)cc1. The van der Waals surface area contributed by atoms with Gasteiger partial charge in [0.1, 0.15) is 0 Å². The van der Waals surface area contributed by atoms with Crippen molar-refractivity contribution >= 4 is 0 Å². The van der Waals surface area contributed by atoms with Gasteiger partial charge in [0.05, 0.1) is 6.61 Å². The summed E-state index contributed by atoms with van der Waals surface area (Å²) in [6.07, 6.45) is 1.03. The second-order valence-electron chi connectivity index (χ2n) is 6.07. The lowest BCUT2D eigenvalue weighted by molar-refractivity contribution is 0.123. The van der Waals surface area contributed by atoms with Crippen LogP contribution in [0.2, 0.25) is 0 Å². The molecule has 1 rings (SSSR count). The van der Waals surface area contributed by atoms with E-state index >= 15 is 0 Å². The summed E-state index contributed by atoms with van der Waals surface area (Å²) in [6.45, 7) is 13.5. The Morgan fingerprint density at radius 1 is 1.11 bits per heavy atom. The van der Waals surface area contributed by atoms with Crippen molar-refractivity contribution in [1.82, 2.24) is 5.32 Å². The van der Waals surface area contributed by atoms with E-state index in [-0.39, 0.29) is 5.41 Å². The van der Waals surface area contributed by atoms with E-state index in [9.17, 15) is 0 Å². The molecule has 0 aliphatic rings. The lowest BCUT2D eigenvalue weighted by Crippen LogP contribution is -2.35. The van der Waals surface area contributed by atoms with Gasteiger partial charge in [-0.25, -0.2) is 0 Å². The van der Waals surface area contributed by atoms with Crippen LogP contribution < -0.4 is 5.32 Å². The number of rotatable bonds is 7. The second kappa shape index (κ2) is 7.66. The van der Waals surface area contributed by atoms with Crippen molar-refractivity contribution in [3.63, 3.8) is 0 Å². The van der Waals surface area contributed by atoms with Gasteiger partial charge in [-0.15, -0.1) is 0 Å². The molecule has 19 heavy (non-hydrogen) atoms. The fourth-order valence-electron chi connectivity index (χ4n) is 2.16. The lowest BCUT2D eigenvalue weighted by atomic mass is 9.86. The van der Waals surface area contributed by atoms with Crippen LogP contribution in [0.15, 0.2) is 24.3 Å². The van der Waals surface area contributed by atoms with E-state index < -0.39 is 0 Å². The maximum Gasteiger partial charge on any atom is 0.0622 e. The summed E-state index contributed by atoms with van der Waals surface area (Å²) in [6, 6.07) is 9.40. The van der Waals surface area contributed by atoms with Gasteiger partial charge in [-0.05, 0) is 36.4 Å². The average molecular weight is 263 g/mol. The first-order valence-corrected chi connectivity index (χ1v) is 7.38. The summed E-state index contributed by atoms with van der Waals surface area (Å²) in [5.41, 5.74) is 2.99. The molecule has 0 heterocycles. The Hall–Kier alpha value is -0.860. The summed E-state index contributed by atoms with van der Waals surface area (Å²) in [5.74, 6) is 0. The van der Waals surface area contributed by atoms with E-state index in [1.807, 2.05) is 6.92 Å². The zero-order valence-corrected chi connectivity index (χ0v) is 13.1. The average Bonchev–Trinajstić information content (AvgIpc) is 2.36. The normalized spacial score (nSPS) is 13.5.